The van der Waals surface area contributed by atoms with E-state index in [1.807, 2.05) is 12.3 Å². The summed E-state index contributed by atoms with van der Waals surface area (Å²) in [7, 11) is 2.13. The summed E-state index contributed by atoms with van der Waals surface area (Å²) in [5.41, 5.74) is 8.78. The fraction of sp³-hybridized carbons (Fsp3) is 0.722. The van der Waals surface area contributed by atoms with Crippen molar-refractivity contribution < 1.29 is 0 Å². The monoisotopic (exact) mass is 285 g/mol. The van der Waals surface area contributed by atoms with E-state index in [0.29, 0.717) is 11.5 Å². The van der Waals surface area contributed by atoms with Crippen LogP contribution in [0.15, 0.2) is 18.5 Å². The van der Waals surface area contributed by atoms with Gasteiger partial charge in [-0.3, -0.25) is 4.98 Å². The molecule has 1 aromatic rings. The molecule has 5 rings (SSSR count). The van der Waals surface area contributed by atoms with Crippen LogP contribution in [0.2, 0.25) is 0 Å². The third-order valence-corrected chi connectivity index (χ3v) is 6.54. The fourth-order valence-corrected chi connectivity index (χ4v) is 6.06. The predicted octanol–water partition coefficient (Wildman–Crippen LogP) is 3.01. The minimum absolute atomic E-state index is 0.520. The van der Waals surface area contributed by atoms with Crippen LogP contribution in [0, 0.1) is 23.2 Å². The molecule has 4 saturated carbocycles. The standard InChI is InChI=1S/C18H27N3/c1-20-17(7-15-11-21-3-2-16(15)19)18-8-12-4-13(9-18)6-14(5-12)10-18/h2-3,11-14,17,20H,4-10H2,1H3,(H2,19,21). The van der Waals surface area contributed by atoms with E-state index in [1.165, 1.54) is 44.1 Å². The fourth-order valence-electron chi connectivity index (χ4n) is 6.06. The number of pyridine rings is 1. The number of nitrogens with two attached hydrogens (primary N) is 1. The summed E-state index contributed by atoms with van der Waals surface area (Å²) in [6.45, 7) is 0. The number of likely N-dealkylation sites (N-methyl/N-ethyl adjacent to an activating group) is 1. The van der Waals surface area contributed by atoms with Gasteiger partial charge >= 0.3 is 0 Å². The van der Waals surface area contributed by atoms with E-state index in [-0.39, 0.29) is 0 Å². The van der Waals surface area contributed by atoms with Crippen LogP contribution < -0.4 is 11.1 Å². The maximum atomic E-state index is 6.15. The van der Waals surface area contributed by atoms with E-state index in [0.717, 1.165) is 29.9 Å². The van der Waals surface area contributed by atoms with Gasteiger partial charge in [-0.05, 0) is 86.8 Å². The largest absolute Gasteiger partial charge is 0.398 e. The Bertz CT molecular complexity index is 490. The molecule has 1 aromatic heterocycles. The van der Waals surface area contributed by atoms with Crippen molar-refractivity contribution in [2.45, 2.75) is 51.0 Å². The zero-order valence-electron chi connectivity index (χ0n) is 13.0. The van der Waals surface area contributed by atoms with E-state index in [1.54, 1.807) is 6.20 Å². The normalized spacial score (nSPS) is 38.6. The molecule has 3 heteroatoms. The molecule has 0 saturated heterocycles. The lowest BCUT2D eigenvalue weighted by Crippen LogP contribution is -2.56. The molecule has 3 N–H and O–H groups in total. The van der Waals surface area contributed by atoms with Crippen LogP contribution in [0.25, 0.3) is 0 Å². The lowest BCUT2D eigenvalue weighted by Gasteiger charge is -2.59. The van der Waals surface area contributed by atoms with Gasteiger partial charge in [0.05, 0.1) is 0 Å². The highest BCUT2D eigenvalue weighted by Gasteiger charge is 2.53. The molecule has 1 heterocycles. The molecule has 3 nitrogen and oxygen atoms in total. The lowest BCUT2D eigenvalue weighted by atomic mass is 9.47. The van der Waals surface area contributed by atoms with Crippen LogP contribution >= 0.6 is 0 Å². The average Bonchev–Trinajstić information content (AvgIpc) is 2.44. The van der Waals surface area contributed by atoms with Gasteiger partial charge in [0.2, 0.25) is 0 Å². The topological polar surface area (TPSA) is 50.9 Å². The summed E-state index contributed by atoms with van der Waals surface area (Å²) in [6, 6.07) is 2.49. The van der Waals surface area contributed by atoms with E-state index in [2.05, 4.69) is 17.3 Å². The van der Waals surface area contributed by atoms with Crippen molar-refractivity contribution in [1.82, 2.24) is 10.3 Å². The number of hydrogen-bond donors (Lipinski definition) is 2. The van der Waals surface area contributed by atoms with Crippen molar-refractivity contribution in [1.29, 1.82) is 0 Å². The second-order valence-corrected chi connectivity index (χ2v) is 7.90. The Balaban J connectivity index is 1.60. The Morgan fingerprint density at radius 1 is 1.24 bits per heavy atom. The summed E-state index contributed by atoms with van der Waals surface area (Å²) in [6.07, 6.45) is 13.6. The first-order valence-electron chi connectivity index (χ1n) is 8.54. The maximum Gasteiger partial charge on any atom is 0.0378 e. The first-order valence-corrected chi connectivity index (χ1v) is 8.54. The number of nitrogen functional groups attached to an aromatic ring is 1. The Morgan fingerprint density at radius 3 is 2.38 bits per heavy atom. The Hall–Kier alpha value is -1.09. The molecule has 0 amide bonds. The number of aromatic nitrogens is 1. The quantitative estimate of drug-likeness (QED) is 0.894. The highest BCUT2D eigenvalue weighted by molar-refractivity contribution is 5.44. The smallest absolute Gasteiger partial charge is 0.0378 e. The third kappa shape index (κ3) is 2.26. The maximum absolute atomic E-state index is 6.15. The summed E-state index contributed by atoms with van der Waals surface area (Å²) >= 11 is 0. The number of nitrogens with one attached hydrogen (secondary N) is 1. The van der Waals surface area contributed by atoms with Gasteiger partial charge < -0.3 is 11.1 Å². The van der Waals surface area contributed by atoms with Gasteiger partial charge in [0.1, 0.15) is 0 Å². The van der Waals surface area contributed by atoms with E-state index >= 15 is 0 Å². The van der Waals surface area contributed by atoms with Crippen LogP contribution in [0.5, 0.6) is 0 Å². The SMILES string of the molecule is CNC(Cc1cnccc1N)C12CC3CC(CC(C3)C1)C2. The van der Waals surface area contributed by atoms with Crippen molar-refractivity contribution in [3.8, 4) is 0 Å². The molecule has 1 atom stereocenters. The zero-order chi connectivity index (χ0) is 14.4. The molecule has 0 aliphatic heterocycles. The molecule has 1 unspecified atom stereocenters. The first kappa shape index (κ1) is 13.6. The zero-order valence-corrected chi connectivity index (χ0v) is 13.0. The second-order valence-electron chi connectivity index (χ2n) is 7.90. The van der Waals surface area contributed by atoms with Gasteiger partial charge in [0.25, 0.3) is 0 Å². The highest BCUT2D eigenvalue weighted by atomic mass is 14.9. The van der Waals surface area contributed by atoms with Gasteiger partial charge in [-0.1, -0.05) is 0 Å². The molecule has 4 bridgehead atoms. The van der Waals surface area contributed by atoms with Crippen molar-refractivity contribution in [2.24, 2.45) is 23.2 Å². The Kier molecular flexibility index (Phi) is 3.21. The van der Waals surface area contributed by atoms with Crippen molar-refractivity contribution in [2.75, 3.05) is 12.8 Å². The first-order chi connectivity index (χ1) is 10.2. The molecule has 4 aliphatic carbocycles. The molecule has 0 aromatic carbocycles. The van der Waals surface area contributed by atoms with Gasteiger partial charge in [0, 0.05) is 24.1 Å². The molecule has 4 fully saturated rings. The van der Waals surface area contributed by atoms with E-state index < -0.39 is 0 Å². The number of hydrogen-bond acceptors (Lipinski definition) is 3. The molecule has 4 aliphatic rings. The van der Waals surface area contributed by atoms with Crippen LogP contribution in [-0.4, -0.2) is 18.1 Å². The number of anilines is 1. The third-order valence-electron chi connectivity index (χ3n) is 6.54. The molecular weight excluding hydrogens is 258 g/mol. The van der Waals surface area contributed by atoms with Crippen molar-refractivity contribution >= 4 is 5.69 Å². The van der Waals surface area contributed by atoms with Crippen LogP contribution in [-0.2, 0) is 6.42 Å². The average molecular weight is 285 g/mol. The van der Waals surface area contributed by atoms with Crippen LogP contribution in [0.4, 0.5) is 5.69 Å². The van der Waals surface area contributed by atoms with Crippen molar-refractivity contribution in [3.63, 3.8) is 0 Å². The summed E-state index contributed by atoms with van der Waals surface area (Å²) in [4.78, 5) is 4.27. The number of rotatable bonds is 4. The summed E-state index contributed by atoms with van der Waals surface area (Å²) in [5.74, 6) is 3.00. The molecule has 114 valence electrons. The highest BCUT2D eigenvalue weighted by Crippen LogP contribution is 2.61. The van der Waals surface area contributed by atoms with Crippen LogP contribution in [0.1, 0.15) is 44.1 Å². The summed E-state index contributed by atoms with van der Waals surface area (Å²) < 4.78 is 0. The Morgan fingerprint density at radius 2 is 1.86 bits per heavy atom. The minimum Gasteiger partial charge on any atom is -0.398 e. The minimum atomic E-state index is 0.520. The summed E-state index contributed by atoms with van der Waals surface area (Å²) in [5, 5.41) is 3.65. The predicted molar refractivity (Wildman–Crippen MR) is 85.8 cm³/mol. The lowest BCUT2D eigenvalue weighted by molar-refractivity contribution is -0.0724. The van der Waals surface area contributed by atoms with Gasteiger partial charge in [-0.25, -0.2) is 0 Å². The van der Waals surface area contributed by atoms with Crippen molar-refractivity contribution in [3.05, 3.63) is 24.0 Å². The van der Waals surface area contributed by atoms with Gasteiger partial charge in [0.15, 0.2) is 0 Å². The van der Waals surface area contributed by atoms with Gasteiger partial charge in [-0.15, -0.1) is 0 Å². The van der Waals surface area contributed by atoms with E-state index in [4.69, 9.17) is 5.73 Å². The molecule has 0 radical (unpaired) electrons. The molecule has 21 heavy (non-hydrogen) atoms. The Labute approximate surface area is 127 Å². The van der Waals surface area contributed by atoms with Gasteiger partial charge in [-0.2, -0.15) is 0 Å². The van der Waals surface area contributed by atoms with Crippen LogP contribution in [0.3, 0.4) is 0 Å². The molecule has 0 spiro atoms. The van der Waals surface area contributed by atoms with E-state index in [9.17, 15) is 0 Å². The molecular formula is C18H27N3. The second kappa shape index (κ2) is 4.98. The number of nitrogens with zero attached hydrogens (tertiary/aromatic N) is 1.